The highest BCUT2D eigenvalue weighted by Crippen LogP contribution is 2.26. The Balaban J connectivity index is 2.46. The number of halogens is 2. The van der Waals surface area contributed by atoms with Gasteiger partial charge in [0.05, 0.1) is 16.7 Å². The van der Waals surface area contributed by atoms with E-state index in [1.165, 1.54) is 5.56 Å². The monoisotopic (exact) mass is 261 g/mol. The summed E-state index contributed by atoms with van der Waals surface area (Å²) in [5.74, 6) is 0.409. The lowest BCUT2D eigenvalue weighted by atomic mass is 10.0. The van der Waals surface area contributed by atoms with Crippen LogP contribution < -0.4 is 5.32 Å². The van der Waals surface area contributed by atoms with Gasteiger partial charge in [-0.15, -0.1) is 0 Å². The first-order chi connectivity index (χ1) is 7.65. The molecule has 0 fully saturated rings. The van der Waals surface area contributed by atoms with Crippen LogP contribution in [0.1, 0.15) is 18.4 Å². The van der Waals surface area contributed by atoms with Gasteiger partial charge in [-0.25, -0.2) is 0 Å². The molecular formula is C12H17Cl2NO. The van der Waals surface area contributed by atoms with E-state index < -0.39 is 0 Å². The second-order valence-corrected chi connectivity index (χ2v) is 4.59. The average molecular weight is 262 g/mol. The van der Waals surface area contributed by atoms with Gasteiger partial charge in [0.25, 0.3) is 0 Å². The highest BCUT2D eigenvalue weighted by molar-refractivity contribution is 6.42. The summed E-state index contributed by atoms with van der Waals surface area (Å²) in [5.41, 5.74) is 1.19. The molecule has 0 bridgehead atoms. The van der Waals surface area contributed by atoms with Crippen molar-refractivity contribution in [2.45, 2.75) is 12.8 Å². The lowest BCUT2D eigenvalue weighted by Crippen LogP contribution is -2.23. The molecule has 0 spiro atoms. The van der Waals surface area contributed by atoms with Crippen molar-refractivity contribution in [3.05, 3.63) is 33.8 Å². The molecule has 0 amide bonds. The van der Waals surface area contributed by atoms with E-state index in [0.717, 1.165) is 19.7 Å². The van der Waals surface area contributed by atoms with E-state index in [1.54, 1.807) is 7.11 Å². The highest BCUT2D eigenvalue weighted by atomic mass is 35.5. The standard InChI is InChI=1S/C12H17Cl2NO/c1-9(8-15-5-6-16-2)10-3-4-11(13)12(14)7-10/h3-4,7,9,15H,5-6,8H2,1-2H3. The normalized spacial score (nSPS) is 12.8. The zero-order valence-electron chi connectivity index (χ0n) is 9.59. The van der Waals surface area contributed by atoms with Gasteiger partial charge in [0.2, 0.25) is 0 Å². The Kier molecular flexibility index (Phi) is 6.14. The fourth-order valence-corrected chi connectivity index (χ4v) is 1.74. The fraction of sp³-hybridized carbons (Fsp3) is 0.500. The molecule has 0 saturated carbocycles. The number of ether oxygens (including phenoxy) is 1. The summed E-state index contributed by atoms with van der Waals surface area (Å²) >= 11 is 11.8. The molecular weight excluding hydrogens is 245 g/mol. The van der Waals surface area contributed by atoms with Crippen LogP contribution in [-0.2, 0) is 4.74 Å². The van der Waals surface area contributed by atoms with Crippen LogP contribution in [0.5, 0.6) is 0 Å². The molecule has 0 radical (unpaired) electrons. The molecule has 1 atom stereocenters. The van der Waals surface area contributed by atoms with Crippen LogP contribution >= 0.6 is 23.2 Å². The SMILES string of the molecule is COCCNCC(C)c1ccc(Cl)c(Cl)c1. The summed E-state index contributed by atoms with van der Waals surface area (Å²) in [6.45, 7) is 4.65. The van der Waals surface area contributed by atoms with Crippen LogP contribution in [0, 0.1) is 0 Å². The zero-order valence-corrected chi connectivity index (χ0v) is 11.1. The van der Waals surface area contributed by atoms with Crippen molar-refractivity contribution in [2.75, 3.05) is 26.8 Å². The summed E-state index contributed by atoms with van der Waals surface area (Å²) < 4.78 is 4.96. The predicted molar refractivity (Wildman–Crippen MR) is 69.6 cm³/mol. The van der Waals surface area contributed by atoms with E-state index in [2.05, 4.69) is 12.2 Å². The van der Waals surface area contributed by atoms with Crippen LogP contribution in [0.4, 0.5) is 0 Å². The Morgan fingerprint density at radius 3 is 2.69 bits per heavy atom. The molecule has 1 rings (SSSR count). The Labute approximate surface area is 107 Å². The third-order valence-electron chi connectivity index (χ3n) is 2.45. The van der Waals surface area contributed by atoms with Crippen molar-refractivity contribution >= 4 is 23.2 Å². The molecule has 0 aliphatic heterocycles. The van der Waals surface area contributed by atoms with E-state index in [-0.39, 0.29) is 0 Å². The van der Waals surface area contributed by atoms with Gasteiger partial charge >= 0.3 is 0 Å². The molecule has 90 valence electrons. The van der Waals surface area contributed by atoms with Crippen molar-refractivity contribution in [1.29, 1.82) is 0 Å². The summed E-state index contributed by atoms with van der Waals surface area (Å²) in [6, 6.07) is 5.77. The van der Waals surface area contributed by atoms with Gasteiger partial charge in [0.15, 0.2) is 0 Å². The van der Waals surface area contributed by atoms with Crippen LogP contribution in [0.3, 0.4) is 0 Å². The minimum atomic E-state index is 0.409. The molecule has 4 heteroatoms. The van der Waals surface area contributed by atoms with Gasteiger partial charge in [0.1, 0.15) is 0 Å². The van der Waals surface area contributed by atoms with Gasteiger partial charge in [-0.3, -0.25) is 0 Å². The Morgan fingerprint density at radius 2 is 2.06 bits per heavy atom. The van der Waals surface area contributed by atoms with Crippen LogP contribution in [0.15, 0.2) is 18.2 Å². The molecule has 0 saturated heterocycles. The van der Waals surface area contributed by atoms with E-state index in [1.807, 2.05) is 18.2 Å². The molecule has 1 aromatic carbocycles. The van der Waals surface area contributed by atoms with Crippen molar-refractivity contribution in [1.82, 2.24) is 5.32 Å². The fourth-order valence-electron chi connectivity index (χ4n) is 1.43. The Hall–Kier alpha value is -0.280. The minimum absolute atomic E-state index is 0.409. The number of benzene rings is 1. The Morgan fingerprint density at radius 1 is 1.31 bits per heavy atom. The molecule has 1 N–H and O–H groups in total. The first-order valence-corrected chi connectivity index (χ1v) is 6.05. The van der Waals surface area contributed by atoms with E-state index in [0.29, 0.717) is 16.0 Å². The lowest BCUT2D eigenvalue weighted by Gasteiger charge is -2.13. The van der Waals surface area contributed by atoms with Gasteiger partial charge in [-0.1, -0.05) is 36.2 Å². The predicted octanol–water partition coefficient (Wildman–Crippen LogP) is 3.33. The Bertz CT molecular complexity index is 331. The summed E-state index contributed by atoms with van der Waals surface area (Å²) in [7, 11) is 1.70. The van der Waals surface area contributed by atoms with E-state index in [9.17, 15) is 0 Å². The molecule has 0 aromatic heterocycles. The average Bonchev–Trinajstić information content (AvgIpc) is 2.28. The third kappa shape index (κ3) is 4.30. The molecule has 16 heavy (non-hydrogen) atoms. The van der Waals surface area contributed by atoms with Gasteiger partial charge in [0, 0.05) is 20.2 Å². The topological polar surface area (TPSA) is 21.3 Å². The largest absolute Gasteiger partial charge is 0.383 e. The summed E-state index contributed by atoms with van der Waals surface area (Å²) in [4.78, 5) is 0. The van der Waals surface area contributed by atoms with Crippen molar-refractivity contribution in [3.63, 3.8) is 0 Å². The van der Waals surface area contributed by atoms with Crippen LogP contribution in [0.25, 0.3) is 0 Å². The first-order valence-electron chi connectivity index (χ1n) is 5.29. The number of nitrogens with one attached hydrogen (secondary N) is 1. The van der Waals surface area contributed by atoms with Crippen LogP contribution in [0.2, 0.25) is 10.0 Å². The quantitative estimate of drug-likeness (QED) is 0.794. The van der Waals surface area contributed by atoms with Gasteiger partial charge < -0.3 is 10.1 Å². The number of methoxy groups -OCH3 is 1. The van der Waals surface area contributed by atoms with E-state index in [4.69, 9.17) is 27.9 Å². The molecule has 0 aliphatic carbocycles. The second-order valence-electron chi connectivity index (χ2n) is 3.77. The molecule has 2 nitrogen and oxygen atoms in total. The highest BCUT2D eigenvalue weighted by Gasteiger charge is 2.07. The number of hydrogen-bond acceptors (Lipinski definition) is 2. The van der Waals surface area contributed by atoms with E-state index >= 15 is 0 Å². The molecule has 1 unspecified atom stereocenters. The smallest absolute Gasteiger partial charge is 0.0595 e. The maximum Gasteiger partial charge on any atom is 0.0595 e. The van der Waals surface area contributed by atoms with Crippen molar-refractivity contribution in [3.8, 4) is 0 Å². The van der Waals surface area contributed by atoms with Crippen molar-refractivity contribution in [2.24, 2.45) is 0 Å². The summed E-state index contributed by atoms with van der Waals surface area (Å²) in [6.07, 6.45) is 0. The summed E-state index contributed by atoms with van der Waals surface area (Å²) in [5, 5.41) is 4.53. The lowest BCUT2D eigenvalue weighted by molar-refractivity contribution is 0.199. The van der Waals surface area contributed by atoms with Crippen LogP contribution in [-0.4, -0.2) is 26.8 Å². The molecule has 1 aromatic rings. The maximum absolute atomic E-state index is 5.97. The van der Waals surface area contributed by atoms with Gasteiger partial charge in [-0.2, -0.15) is 0 Å². The molecule has 0 heterocycles. The molecule has 0 aliphatic rings. The van der Waals surface area contributed by atoms with Crippen molar-refractivity contribution < 1.29 is 4.74 Å². The minimum Gasteiger partial charge on any atom is -0.383 e. The number of rotatable bonds is 6. The van der Waals surface area contributed by atoms with Gasteiger partial charge in [-0.05, 0) is 23.6 Å². The third-order valence-corrected chi connectivity index (χ3v) is 3.19. The first kappa shape index (κ1) is 13.8. The number of hydrogen-bond donors (Lipinski definition) is 1. The second kappa shape index (κ2) is 7.13. The zero-order chi connectivity index (χ0) is 12.0. The maximum atomic E-state index is 5.97.